The Hall–Kier alpha value is -3.45. The van der Waals surface area contributed by atoms with E-state index in [2.05, 4.69) is 20.3 Å². The lowest BCUT2D eigenvalue weighted by atomic mass is 10.2. The molecule has 0 aliphatic rings. The third-order valence-electron chi connectivity index (χ3n) is 3.99. The van der Waals surface area contributed by atoms with Crippen LogP contribution in [-0.2, 0) is 0 Å². The predicted octanol–water partition coefficient (Wildman–Crippen LogP) is 3.73. The minimum absolute atomic E-state index is 0.283. The Kier molecular flexibility index (Phi) is 4.43. The van der Waals surface area contributed by atoms with Crippen LogP contribution in [0, 0.1) is 0 Å². The highest BCUT2D eigenvalue weighted by molar-refractivity contribution is 6.30. The second kappa shape index (κ2) is 7.05. The van der Waals surface area contributed by atoms with Crippen LogP contribution in [0.3, 0.4) is 0 Å². The lowest BCUT2D eigenvalue weighted by Crippen LogP contribution is -2.13. The van der Waals surface area contributed by atoms with E-state index in [9.17, 15) is 4.79 Å². The first-order chi connectivity index (χ1) is 13.1. The highest BCUT2D eigenvalue weighted by Crippen LogP contribution is 2.22. The molecule has 0 aliphatic heterocycles. The Morgan fingerprint density at radius 2 is 1.89 bits per heavy atom. The molecule has 2 aromatic heterocycles. The Morgan fingerprint density at radius 1 is 1.07 bits per heavy atom. The summed E-state index contributed by atoms with van der Waals surface area (Å²) in [4.78, 5) is 25.2. The first-order valence-electron chi connectivity index (χ1n) is 8.04. The van der Waals surface area contributed by atoms with Crippen molar-refractivity contribution >= 4 is 34.4 Å². The molecule has 2 heterocycles. The molecule has 1 N–H and O–H groups in total. The minimum atomic E-state index is -0.283. The third-order valence-corrected chi connectivity index (χ3v) is 4.24. The van der Waals surface area contributed by atoms with Gasteiger partial charge in [0.25, 0.3) is 5.91 Å². The molecule has 27 heavy (non-hydrogen) atoms. The maximum Gasteiger partial charge on any atom is 0.256 e. The van der Waals surface area contributed by atoms with Crippen LogP contribution in [0.15, 0.2) is 61.2 Å². The summed E-state index contributed by atoms with van der Waals surface area (Å²) in [5.41, 5.74) is 2.15. The van der Waals surface area contributed by atoms with Crippen molar-refractivity contribution in [3.63, 3.8) is 0 Å². The largest absolute Gasteiger partial charge is 0.497 e. The Labute approximate surface area is 159 Å². The molecule has 0 saturated carbocycles. The number of halogens is 1. The van der Waals surface area contributed by atoms with Crippen LogP contribution in [0.1, 0.15) is 10.4 Å². The normalized spacial score (nSPS) is 10.7. The van der Waals surface area contributed by atoms with Crippen molar-refractivity contribution in [3.05, 3.63) is 71.8 Å². The lowest BCUT2D eigenvalue weighted by Gasteiger charge is -2.07. The van der Waals surface area contributed by atoms with E-state index in [4.69, 9.17) is 16.3 Å². The number of hydrogen-bond donors (Lipinski definition) is 1. The topological polar surface area (TPSA) is 81.9 Å². The number of nitrogens with zero attached hydrogens (tertiary/aromatic N) is 4. The summed E-state index contributed by atoms with van der Waals surface area (Å²) in [6.07, 6.45) is 4.74. The number of amides is 1. The molecular formula is C19H14ClN5O2. The fourth-order valence-corrected chi connectivity index (χ4v) is 2.73. The van der Waals surface area contributed by atoms with E-state index in [1.165, 1.54) is 6.20 Å². The predicted molar refractivity (Wildman–Crippen MR) is 103 cm³/mol. The van der Waals surface area contributed by atoms with Crippen molar-refractivity contribution in [1.29, 1.82) is 0 Å². The molecule has 7 nitrogen and oxygen atoms in total. The van der Waals surface area contributed by atoms with Crippen molar-refractivity contribution in [2.24, 2.45) is 0 Å². The number of imidazole rings is 1. The van der Waals surface area contributed by atoms with E-state index < -0.39 is 0 Å². The maximum absolute atomic E-state index is 12.2. The number of methoxy groups -OCH3 is 1. The molecule has 0 saturated heterocycles. The highest BCUT2D eigenvalue weighted by atomic mass is 35.5. The van der Waals surface area contributed by atoms with Gasteiger partial charge < -0.3 is 10.1 Å². The van der Waals surface area contributed by atoms with Crippen LogP contribution in [0.4, 0.5) is 5.82 Å². The van der Waals surface area contributed by atoms with Crippen LogP contribution in [0.25, 0.3) is 16.9 Å². The van der Waals surface area contributed by atoms with Crippen LogP contribution < -0.4 is 10.1 Å². The number of hydrogen-bond acceptors (Lipinski definition) is 5. The molecule has 0 unspecified atom stereocenters. The fraction of sp³-hybridized carbons (Fsp3) is 0.0526. The van der Waals surface area contributed by atoms with Gasteiger partial charge in [-0.25, -0.2) is 15.0 Å². The molecule has 0 aliphatic carbocycles. The summed E-state index contributed by atoms with van der Waals surface area (Å²) in [5.74, 6) is 1.39. The quantitative estimate of drug-likeness (QED) is 0.584. The van der Waals surface area contributed by atoms with Crippen LogP contribution >= 0.6 is 11.6 Å². The molecule has 2 aromatic carbocycles. The smallest absolute Gasteiger partial charge is 0.256 e. The standard InChI is InChI=1S/C19H14ClN5O2/c1-27-14-6-7-16-15(8-14)23-11-25(16)18-10-21-17(9-22-18)24-19(26)12-2-4-13(20)5-3-12/h2-11H,1H3,(H,21,24,26). The SMILES string of the molecule is COc1ccc2c(c1)ncn2-c1cnc(NC(=O)c2ccc(Cl)cc2)cn1. The number of aromatic nitrogens is 4. The average Bonchev–Trinajstić information content (AvgIpc) is 3.12. The molecule has 0 atom stereocenters. The Bertz CT molecular complexity index is 1110. The van der Waals surface area contributed by atoms with Crippen LogP contribution in [-0.4, -0.2) is 32.5 Å². The van der Waals surface area contributed by atoms with Gasteiger partial charge in [-0.1, -0.05) is 11.6 Å². The van der Waals surface area contributed by atoms with E-state index in [0.717, 1.165) is 16.8 Å². The van der Waals surface area contributed by atoms with Gasteiger partial charge in [0.05, 0.1) is 30.5 Å². The number of carbonyl (C=O) groups is 1. The number of anilines is 1. The second-order valence-electron chi connectivity index (χ2n) is 5.69. The molecule has 0 fully saturated rings. The van der Waals surface area contributed by atoms with Crippen molar-refractivity contribution in [2.45, 2.75) is 0 Å². The van der Waals surface area contributed by atoms with Crippen LogP contribution in [0.5, 0.6) is 5.75 Å². The van der Waals surface area contributed by atoms with E-state index >= 15 is 0 Å². The van der Waals surface area contributed by atoms with Crippen molar-refractivity contribution in [2.75, 3.05) is 12.4 Å². The molecule has 8 heteroatoms. The molecule has 4 aromatic rings. The van der Waals surface area contributed by atoms with Crippen molar-refractivity contribution in [3.8, 4) is 11.6 Å². The first kappa shape index (κ1) is 17.0. The number of ether oxygens (including phenoxy) is 1. The highest BCUT2D eigenvalue weighted by Gasteiger charge is 2.10. The van der Waals surface area contributed by atoms with Gasteiger partial charge in [-0.3, -0.25) is 9.36 Å². The molecule has 134 valence electrons. The number of nitrogens with one attached hydrogen (secondary N) is 1. The molecule has 4 rings (SSSR count). The molecular weight excluding hydrogens is 366 g/mol. The number of fused-ring (bicyclic) bond motifs is 1. The molecule has 0 spiro atoms. The zero-order chi connectivity index (χ0) is 18.8. The molecule has 0 bridgehead atoms. The fourth-order valence-electron chi connectivity index (χ4n) is 2.60. The average molecular weight is 380 g/mol. The van der Waals surface area contributed by atoms with Gasteiger partial charge in [0.15, 0.2) is 11.6 Å². The van der Waals surface area contributed by atoms with Gasteiger partial charge in [0.2, 0.25) is 0 Å². The Morgan fingerprint density at radius 3 is 2.59 bits per heavy atom. The maximum atomic E-state index is 12.2. The number of benzene rings is 2. The zero-order valence-corrected chi connectivity index (χ0v) is 15.0. The third kappa shape index (κ3) is 3.45. The van der Waals surface area contributed by atoms with Crippen molar-refractivity contribution in [1.82, 2.24) is 19.5 Å². The van der Waals surface area contributed by atoms with Gasteiger partial charge in [0, 0.05) is 16.7 Å². The molecule has 0 radical (unpaired) electrons. The zero-order valence-electron chi connectivity index (χ0n) is 14.3. The van der Waals surface area contributed by atoms with Crippen LogP contribution in [0.2, 0.25) is 5.02 Å². The van der Waals surface area contributed by atoms with Gasteiger partial charge >= 0.3 is 0 Å². The molecule has 1 amide bonds. The Balaban J connectivity index is 1.55. The van der Waals surface area contributed by atoms with E-state index in [1.807, 2.05) is 22.8 Å². The van der Waals surface area contributed by atoms with E-state index in [-0.39, 0.29) is 5.91 Å². The van der Waals surface area contributed by atoms with Gasteiger partial charge in [-0.15, -0.1) is 0 Å². The van der Waals surface area contributed by atoms with Gasteiger partial charge in [-0.2, -0.15) is 0 Å². The summed E-state index contributed by atoms with van der Waals surface area (Å²) in [5, 5.41) is 3.28. The summed E-state index contributed by atoms with van der Waals surface area (Å²) in [6, 6.07) is 12.2. The van der Waals surface area contributed by atoms with Gasteiger partial charge in [-0.05, 0) is 36.4 Å². The summed E-state index contributed by atoms with van der Waals surface area (Å²) in [7, 11) is 1.61. The second-order valence-corrected chi connectivity index (χ2v) is 6.13. The van der Waals surface area contributed by atoms with Gasteiger partial charge in [0.1, 0.15) is 12.1 Å². The summed E-state index contributed by atoms with van der Waals surface area (Å²) < 4.78 is 7.02. The van der Waals surface area contributed by atoms with Crippen molar-refractivity contribution < 1.29 is 9.53 Å². The summed E-state index contributed by atoms with van der Waals surface area (Å²) >= 11 is 5.83. The lowest BCUT2D eigenvalue weighted by molar-refractivity contribution is 0.102. The monoisotopic (exact) mass is 379 g/mol. The minimum Gasteiger partial charge on any atom is -0.497 e. The number of carbonyl (C=O) groups excluding carboxylic acids is 1. The number of rotatable bonds is 4. The summed E-state index contributed by atoms with van der Waals surface area (Å²) in [6.45, 7) is 0. The van der Waals surface area contributed by atoms with E-state index in [0.29, 0.717) is 22.2 Å². The van der Waals surface area contributed by atoms with E-state index in [1.54, 1.807) is 43.9 Å². The first-order valence-corrected chi connectivity index (χ1v) is 8.42.